The Balaban J connectivity index is 2.37. The van der Waals surface area contributed by atoms with Crippen molar-refractivity contribution < 1.29 is 5.11 Å². The highest BCUT2D eigenvalue weighted by atomic mass is 16.3. The topological polar surface area (TPSA) is 49.5 Å². The van der Waals surface area contributed by atoms with Crippen molar-refractivity contribution in [3.05, 3.63) is 29.3 Å². The number of anilines is 1. The highest BCUT2D eigenvalue weighted by Gasteiger charge is 2.23. The number of hydrogen-bond donors (Lipinski definition) is 2. The zero-order chi connectivity index (χ0) is 13.0. The zero-order valence-electron chi connectivity index (χ0n) is 11.2. The Labute approximate surface area is 110 Å². The smallest absolute Gasteiger partial charge is 0.0635 e. The van der Waals surface area contributed by atoms with E-state index in [0.29, 0.717) is 6.54 Å². The van der Waals surface area contributed by atoms with E-state index in [2.05, 4.69) is 30.0 Å². The van der Waals surface area contributed by atoms with Crippen molar-refractivity contribution >= 4 is 5.69 Å². The van der Waals surface area contributed by atoms with E-state index in [1.807, 2.05) is 0 Å². The first-order chi connectivity index (χ1) is 8.77. The molecular formula is C15H24N2O. The molecule has 1 aromatic rings. The quantitative estimate of drug-likeness (QED) is 0.862. The van der Waals surface area contributed by atoms with Crippen LogP contribution < -0.4 is 10.6 Å². The summed E-state index contributed by atoms with van der Waals surface area (Å²) in [6.45, 7) is 3.96. The highest BCUT2D eigenvalue weighted by molar-refractivity contribution is 5.60. The van der Waals surface area contributed by atoms with Gasteiger partial charge in [0, 0.05) is 18.8 Å². The Morgan fingerprint density at radius 3 is 2.89 bits per heavy atom. The van der Waals surface area contributed by atoms with E-state index in [1.54, 1.807) is 0 Å². The van der Waals surface area contributed by atoms with Gasteiger partial charge in [-0.15, -0.1) is 0 Å². The first-order valence-corrected chi connectivity index (χ1v) is 6.94. The second-order valence-electron chi connectivity index (χ2n) is 5.17. The minimum Gasteiger partial charge on any atom is -0.394 e. The van der Waals surface area contributed by atoms with Crippen LogP contribution in [0, 0.1) is 6.92 Å². The van der Waals surface area contributed by atoms with Crippen LogP contribution in [0.4, 0.5) is 5.69 Å². The van der Waals surface area contributed by atoms with Gasteiger partial charge in [0.15, 0.2) is 0 Å². The Morgan fingerprint density at radius 2 is 2.17 bits per heavy atom. The van der Waals surface area contributed by atoms with Crippen LogP contribution in [0.5, 0.6) is 0 Å². The van der Waals surface area contributed by atoms with Crippen LogP contribution in [0.1, 0.15) is 36.8 Å². The molecule has 1 aliphatic rings. The van der Waals surface area contributed by atoms with Gasteiger partial charge in [-0.3, -0.25) is 0 Å². The highest BCUT2D eigenvalue weighted by Crippen LogP contribution is 2.30. The standard InChI is InChI=1S/C15H24N2O/c1-12-6-5-7-13(10-16)15(12)17-9-4-2-3-8-14(17)11-18/h5-7,14,18H,2-4,8-11,16H2,1H3. The van der Waals surface area contributed by atoms with Crippen molar-refractivity contribution in [2.24, 2.45) is 5.73 Å². The molecule has 1 heterocycles. The summed E-state index contributed by atoms with van der Waals surface area (Å²) in [5.41, 5.74) is 9.57. The molecule has 100 valence electrons. The van der Waals surface area contributed by atoms with E-state index < -0.39 is 0 Å². The summed E-state index contributed by atoms with van der Waals surface area (Å²) in [5.74, 6) is 0. The maximum absolute atomic E-state index is 9.63. The summed E-state index contributed by atoms with van der Waals surface area (Å²) in [4.78, 5) is 2.38. The largest absolute Gasteiger partial charge is 0.394 e. The molecule has 0 saturated carbocycles. The van der Waals surface area contributed by atoms with Gasteiger partial charge in [0.05, 0.1) is 12.6 Å². The number of nitrogens with zero attached hydrogens (tertiary/aromatic N) is 1. The van der Waals surface area contributed by atoms with Crippen LogP contribution in [-0.2, 0) is 6.54 Å². The molecule has 0 spiro atoms. The molecule has 1 aliphatic heterocycles. The predicted octanol–water partition coefficient (Wildman–Crippen LogP) is 2.20. The lowest BCUT2D eigenvalue weighted by Gasteiger charge is -2.33. The van der Waals surface area contributed by atoms with Crippen molar-refractivity contribution in [1.29, 1.82) is 0 Å². The lowest BCUT2D eigenvalue weighted by atomic mass is 10.0. The average molecular weight is 248 g/mol. The summed E-state index contributed by atoms with van der Waals surface area (Å²) in [6, 6.07) is 6.54. The zero-order valence-corrected chi connectivity index (χ0v) is 11.2. The maximum atomic E-state index is 9.63. The number of aliphatic hydroxyl groups is 1. The normalized spacial score (nSPS) is 20.8. The summed E-state index contributed by atoms with van der Waals surface area (Å²) < 4.78 is 0. The molecule has 1 aromatic carbocycles. The first kappa shape index (κ1) is 13.4. The minimum atomic E-state index is 0.234. The Morgan fingerprint density at radius 1 is 1.33 bits per heavy atom. The molecule has 0 radical (unpaired) electrons. The number of benzene rings is 1. The molecule has 1 atom stereocenters. The van der Waals surface area contributed by atoms with Gasteiger partial charge in [0.25, 0.3) is 0 Å². The number of nitrogens with two attached hydrogens (primary N) is 1. The summed E-state index contributed by atoms with van der Waals surface area (Å²) in [5, 5.41) is 9.63. The third-order valence-corrected chi connectivity index (χ3v) is 3.92. The van der Waals surface area contributed by atoms with Gasteiger partial charge in [0.2, 0.25) is 0 Å². The van der Waals surface area contributed by atoms with Crippen molar-refractivity contribution in [3.8, 4) is 0 Å². The Bertz CT molecular complexity index is 392. The Hall–Kier alpha value is -1.06. The van der Waals surface area contributed by atoms with E-state index in [1.165, 1.54) is 36.1 Å². The van der Waals surface area contributed by atoms with E-state index in [4.69, 9.17) is 5.73 Å². The molecule has 1 fully saturated rings. The molecule has 1 saturated heterocycles. The minimum absolute atomic E-state index is 0.234. The van der Waals surface area contributed by atoms with Gasteiger partial charge >= 0.3 is 0 Å². The lowest BCUT2D eigenvalue weighted by molar-refractivity contribution is 0.255. The monoisotopic (exact) mass is 248 g/mol. The van der Waals surface area contributed by atoms with Gasteiger partial charge in [0.1, 0.15) is 0 Å². The molecule has 0 bridgehead atoms. The van der Waals surface area contributed by atoms with Gasteiger partial charge in [-0.25, -0.2) is 0 Å². The first-order valence-electron chi connectivity index (χ1n) is 6.94. The van der Waals surface area contributed by atoms with E-state index >= 15 is 0 Å². The van der Waals surface area contributed by atoms with Crippen LogP contribution in [-0.4, -0.2) is 24.3 Å². The van der Waals surface area contributed by atoms with Crippen molar-refractivity contribution in [2.45, 2.75) is 45.2 Å². The number of hydrogen-bond acceptors (Lipinski definition) is 3. The third-order valence-electron chi connectivity index (χ3n) is 3.92. The number of rotatable bonds is 3. The summed E-state index contributed by atoms with van der Waals surface area (Å²) in [7, 11) is 0. The average Bonchev–Trinajstić information content (AvgIpc) is 2.63. The predicted molar refractivity (Wildman–Crippen MR) is 75.8 cm³/mol. The van der Waals surface area contributed by atoms with Crippen LogP contribution in [0.3, 0.4) is 0 Å². The van der Waals surface area contributed by atoms with E-state index in [9.17, 15) is 5.11 Å². The van der Waals surface area contributed by atoms with Crippen LogP contribution >= 0.6 is 0 Å². The van der Waals surface area contributed by atoms with Crippen LogP contribution in [0.15, 0.2) is 18.2 Å². The molecule has 3 N–H and O–H groups in total. The van der Waals surface area contributed by atoms with Gasteiger partial charge in [-0.05, 0) is 30.9 Å². The molecular weight excluding hydrogens is 224 g/mol. The van der Waals surface area contributed by atoms with E-state index in [-0.39, 0.29) is 12.6 Å². The van der Waals surface area contributed by atoms with Crippen molar-refractivity contribution in [3.63, 3.8) is 0 Å². The third kappa shape index (κ3) is 2.68. The lowest BCUT2D eigenvalue weighted by Crippen LogP contribution is -2.38. The number of para-hydroxylation sites is 1. The molecule has 0 aromatic heterocycles. The summed E-state index contributed by atoms with van der Waals surface area (Å²) >= 11 is 0. The Kier molecular flexibility index (Phi) is 4.61. The van der Waals surface area contributed by atoms with Crippen LogP contribution in [0.25, 0.3) is 0 Å². The van der Waals surface area contributed by atoms with Crippen molar-refractivity contribution in [1.82, 2.24) is 0 Å². The number of aryl methyl sites for hydroxylation is 1. The molecule has 3 heteroatoms. The fourth-order valence-corrected chi connectivity index (χ4v) is 2.96. The SMILES string of the molecule is Cc1cccc(CN)c1N1CCCCCC1CO. The second-order valence-corrected chi connectivity index (χ2v) is 5.17. The van der Waals surface area contributed by atoms with Gasteiger partial charge in [-0.2, -0.15) is 0 Å². The van der Waals surface area contributed by atoms with Crippen molar-refractivity contribution in [2.75, 3.05) is 18.1 Å². The molecule has 3 nitrogen and oxygen atoms in total. The van der Waals surface area contributed by atoms with Gasteiger partial charge in [-0.1, -0.05) is 31.0 Å². The van der Waals surface area contributed by atoms with Gasteiger partial charge < -0.3 is 15.7 Å². The summed E-state index contributed by atoms with van der Waals surface area (Å²) in [6.07, 6.45) is 4.76. The second kappa shape index (κ2) is 6.21. The molecule has 18 heavy (non-hydrogen) atoms. The van der Waals surface area contributed by atoms with Crippen LogP contribution in [0.2, 0.25) is 0 Å². The fourth-order valence-electron chi connectivity index (χ4n) is 2.96. The molecule has 0 aliphatic carbocycles. The molecule has 0 amide bonds. The number of aliphatic hydroxyl groups excluding tert-OH is 1. The van der Waals surface area contributed by atoms with E-state index in [0.717, 1.165) is 13.0 Å². The molecule has 1 unspecified atom stereocenters. The maximum Gasteiger partial charge on any atom is 0.0635 e. The fraction of sp³-hybridized carbons (Fsp3) is 0.600. The molecule has 2 rings (SSSR count).